The van der Waals surface area contributed by atoms with Gasteiger partial charge in [0.15, 0.2) is 0 Å². The van der Waals surface area contributed by atoms with Gasteiger partial charge in [0.05, 0.1) is 0 Å². The molecule has 1 saturated carbocycles. The highest BCUT2D eigenvalue weighted by Crippen LogP contribution is 2.33. The minimum atomic E-state index is -2.49. The lowest BCUT2D eigenvalue weighted by atomic mass is 10.1. The Labute approximate surface area is 111 Å². The maximum absolute atomic E-state index is 13.0. The van der Waals surface area contributed by atoms with Crippen molar-refractivity contribution in [3.8, 4) is 0 Å². The number of alkyl halides is 2. The summed E-state index contributed by atoms with van der Waals surface area (Å²) in [5.74, 6) is 0. The average Bonchev–Trinajstić information content (AvgIpc) is 3.12. The maximum atomic E-state index is 13.0. The molecule has 1 aliphatic carbocycles. The molecule has 0 amide bonds. The highest BCUT2D eigenvalue weighted by atomic mass is 19.3. The summed E-state index contributed by atoms with van der Waals surface area (Å²) in [5.41, 5.74) is 6.48. The zero-order valence-electron chi connectivity index (χ0n) is 10.8. The molecule has 3 nitrogen and oxygen atoms in total. The number of nitrogen functional groups attached to an aromatic ring is 1. The Balaban J connectivity index is 1.69. The van der Waals surface area contributed by atoms with Crippen LogP contribution in [0.25, 0.3) is 0 Å². The number of rotatable bonds is 4. The van der Waals surface area contributed by atoms with Crippen molar-refractivity contribution in [3.63, 3.8) is 0 Å². The quantitative estimate of drug-likeness (QED) is 0.824. The third kappa shape index (κ3) is 2.81. The highest BCUT2D eigenvalue weighted by molar-refractivity contribution is 5.59. The Kier molecular flexibility index (Phi) is 3.31. The second-order valence-electron chi connectivity index (χ2n) is 5.50. The molecule has 2 fully saturated rings. The summed E-state index contributed by atoms with van der Waals surface area (Å²) in [7, 11) is 0. The molecule has 104 valence electrons. The molecule has 3 rings (SSSR count). The van der Waals surface area contributed by atoms with Crippen LogP contribution < -0.4 is 11.1 Å². The van der Waals surface area contributed by atoms with Crippen LogP contribution in [0.5, 0.6) is 0 Å². The molecule has 19 heavy (non-hydrogen) atoms. The van der Waals surface area contributed by atoms with Crippen molar-refractivity contribution in [2.24, 2.45) is 0 Å². The van der Waals surface area contributed by atoms with Crippen LogP contribution in [0.15, 0.2) is 18.2 Å². The van der Waals surface area contributed by atoms with Crippen LogP contribution in [-0.2, 0) is 0 Å². The molecule has 0 bridgehead atoms. The van der Waals surface area contributed by atoms with E-state index in [1.54, 1.807) is 12.1 Å². The van der Waals surface area contributed by atoms with Gasteiger partial charge < -0.3 is 11.1 Å². The Morgan fingerprint density at radius 1 is 1.26 bits per heavy atom. The van der Waals surface area contributed by atoms with E-state index in [0.717, 1.165) is 25.6 Å². The first-order valence-electron chi connectivity index (χ1n) is 6.81. The summed E-state index contributed by atoms with van der Waals surface area (Å²) in [5, 5.41) is 3.25. The molecular weight excluding hydrogens is 248 g/mol. The van der Waals surface area contributed by atoms with Gasteiger partial charge in [-0.1, -0.05) is 0 Å². The number of hydrogen-bond donors (Lipinski definition) is 2. The molecule has 1 aromatic carbocycles. The van der Waals surface area contributed by atoms with Gasteiger partial charge in [-0.25, -0.2) is 8.78 Å². The average molecular weight is 267 g/mol. The molecule has 0 radical (unpaired) electrons. The van der Waals surface area contributed by atoms with Crippen LogP contribution in [0.1, 0.15) is 31.3 Å². The fraction of sp³-hybridized carbons (Fsp3) is 0.571. The van der Waals surface area contributed by atoms with Crippen LogP contribution in [-0.4, -0.2) is 30.1 Å². The van der Waals surface area contributed by atoms with E-state index in [-0.39, 0.29) is 11.6 Å². The Morgan fingerprint density at radius 3 is 2.74 bits per heavy atom. The molecule has 0 aromatic heterocycles. The van der Waals surface area contributed by atoms with E-state index in [1.165, 1.54) is 18.9 Å². The van der Waals surface area contributed by atoms with Crippen LogP contribution in [0, 0.1) is 0 Å². The zero-order valence-corrected chi connectivity index (χ0v) is 10.8. The molecule has 1 aliphatic heterocycles. The van der Waals surface area contributed by atoms with E-state index in [2.05, 4.69) is 10.2 Å². The number of benzene rings is 1. The predicted octanol–water partition coefficient (Wildman–Crippen LogP) is 2.86. The third-order valence-corrected chi connectivity index (χ3v) is 3.95. The van der Waals surface area contributed by atoms with Crippen molar-refractivity contribution in [2.75, 3.05) is 24.1 Å². The molecule has 5 heteroatoms. The van der Waals surface area contributed by atoms with Gasteiger partial charge in [-0.15, -0.1) is 0 Å². The van der Waals surface area contributed by atoms with E-state index in [1.807, 2.05) is 0 Å². The van der Waals surface area contributed by atoms with Crippen LogP contribution in [0.2, 0.25) is 0 Å². The normalized spacial score (nSPS) is 24.1. The van der Waals surface area contributed by atoms with E-state index in [4.69, 9.17) is 5.73 Å². The Morgan fingerprint density at radius 2 is 2.05 bits per heavy atom. The number of anilines is 2. The number of nitrogens with zero attached hydrogens (tertiary/aromatic N) is 1. The molecule has 2 aliphatic rings. The number of likely N-dealkylation sites (tertiary alicyclic amines) is 1. The first-order chi connectivity index (χ1) is 9.13. The Bertz CT molecular complexity index is 460. The van der Waals surface area contributed by atoms with Crippen molar-refractivity contribution in [2.45, 2.75) is 37.8 Å². The molecule has 1 heterocycles. The van der Waals surface area contributed by atoms with Gasteiger partial charge in [-0.05, 0) is 37.5 Å². The topological polar surface area (TPSA) is 41.3 Å². The summed E-state index contributed by atoms with van der Waals surface area (Å²) in [6.45, 7) is 2.03. The Hall–Kier alpha value is -1.36. The number of nitrogens with two attached hydrogens (primary N) is 1. The van der Waals surface area contributed by atoms with Gasteiger partial charge >= 0.3 is 0 Å². The summed E-state index contributed by atoms with van der Waals surface area (Å²) in [4.78, 5) is 2.46. The van der Waals surface area contributed by atoms with Gasteiger partial charge in [0, 0.05) is 42.1 Å². The maximum Gasteiger partial charge on any atom is 0.265 e. The van der Waals surface area contributed by atoms with Crippen molar-refractivity contribution >= 4 is 11.4 Å². The smallest absolute Gasteiger partial charge is 0.265 e. The van der Waals surface area contributed by atoms with Crippen molar-refractivity contribution in [1.82, 2.24) is 4.90 Å². The fourth-order valence-electron chi connectivity index (χ4n) is 2.79. The molecular formula is C14H19F2N3. The fourth-order valence-corrected chi connectivity index (χ4v) is 2.79. The molecule has 1 saturated heterocycles. The van der Waals surface area contributed by atoms with E-state index in [9.17, 15) is 8.78 Å². The van der Waals surface area contributed by atoms with E-state index in [0.29, 0.717) is 11.4 Å². The second kappa shape index (κ2) is 4.96. The molecule has 1 atom stereocenters. The summed E-state index contributed by atoms with van der Waals surface area (Å²) >= 11 is 0. The second-order valence-corrected chi connectivity index (χ2v) is 5.50. The van der Waals surface area contributed by atoms with Crippen LogP contribution in [0.4, 0.5) is 20.2 Å². The lowest BCUT2D eigenvalue weighted by molar-refractivity contribution is 0.152. The third-order valence-electron chi connectivity index (χ3n) is 3.95. The van der Waals surface area contributed by atoms with E-state index >= 15 is 0 Å². The van der Waals surface area contributed by atoms with Crippen LogP contribution >= 0.6 is 0 Å². The van der Waals surface area contributed by atoms with Crippen LogP contribution in [0.3, 0.4) is 0 Å². The van der Waals surface area contributed by atoms with Gasteiger partial charge in [-0.3, -0.25) is 4.90 Å². The lowest BCUT2D eigenvalue weighted by Gasteiger charge is -2.19. The molecule has 0 spiro atoms. The number of hydrogen-bond acceptors (Lipinski definition) is 3. The first kappa shape index (κ1) is 12.7. The molecule has 1 aromatic rings. The largest absolute Gasteiger partial charge is 0.399 e. The van der Waals surface area contributed by atoms with Crippen molar-refractivity contribution in [3.05, 3.63) is 23.8 Å². The van der Waals surface area contributed by atoms with Crippen molar-refractivity contribution in [1.29, 1.82) is 0 Å². The first-order valence-corrected chi connectivity index (χ1v) is 6.81. The summed E-state index contributed by atoms with van der Waals surface area (Å²) < 4.78 is 26.0. The monoisotopic (exact) mass is 267 g/mol. The van der Waals surface area contributed by atoms with Gasteiger partial charge in [0.1, 0.15) is 0 Å². The minimum absolute atomic E-state index is 0.00451. The minimum Gasteiger partial charge on any atom is -0.399 e. The number of halogens is 2. The SMILES string of the molecule is Nc1ccc(NC2CCN(C3CC3)C2)c(C(F)F)c1. The summed E-state index contributed by atoms with van der Waals surface area (Å²) in [6, 6.07) is 5.70. The highest BCUT2D eigenvalue weighted by Gasteiger charge is 2.34. The standard InChI is InChI=1S/C14H19F2N3/c15-14(16)12-7-9(17)1-4-13(12)18-10-5-6-19(8-10)11-2-3-11/h1,4,7,10-11,14,18H,2-3,5-6,8,17H2. The van der Waals surface area contributed by atoms with Gasteiger partial charge in [0.25, 0.3) is 6.43 Å². The van der Waals surface area contributed by atoms with Gasteiger partial charge in [0.2, 0.25) is 0 Å². The summed E-state index contributed by atoms with van der Waals surface area (Å²) in [6.07, 6.45) is 1.10. The zero-order chi connectivity index (χ0) is 13.4. The number of nitrogens with one attached hydrogen (secondary N) is 1. The molecule has 1 unspecified atom stereocenters. The predicted molar refractivity (Wildman–Crippen MR) is 72.4 cm³/mol. The van der Waals surface area contributed by atoms with Gasteiger partial charge in [-0.2, -0.15) is 0 Å². The molecule has 3 N–H and O–H groups in total. The van der Waals surface area contributed by atoms with Crippen molar-refractivity contribution < 1.29 is 8.78 Å². The van der Waals surface area contributed by atoms with E-state index < -0.39 is 6.43 Å². The lowest BCUT2D eigenvalue weighted by Crippen LogP contribution is -2.28.